The van der Waals surface area contributed by atoms with Crippen LogP contribution in [-0.2, 0) is 11.3 Å². The lowest BCUT2D eigenvalue weighted by atomic mass is 9.93. The van der Waals surface area contributed by atoms with Crippen molar-refractivity contribution in [3.63, 3.8) is 0 Å². The molecule has 1 heterocycles. The Balaban J connectivity index is 2.03. The van der Waals surface area contributed by atoms with Gasteiger partial charge in [-0.25, -0.2) is 4.68 Å². The molecule has 1 amide bonds. The molecular formula is C15H27N5O. The zero-order valence-corrected chi connectivity index (χ0v) is 13.3. The second-order valence-corrected chi connectivity index (χ2v) is 6.32. The van der Waals surface area contributed by atoms with E-state index in [-0.39, 0.29) is 24.5 Å². The van der Waals surface area contributed by atoms with Crippen LogP contribution >= 0.6 is 0 Å². The van der Waals surface area contributed by atoms with Gasteiger partial charge in [-0.15, -0.1) is 5.10 Å². The zero-order valence-electron chi connectivity index (χ0n) is 13.3. The summed E-state index contributed by atoms with van der Waals surface area (Å²) in [6.07, 6.45) is 7.73. The molecule has 6 nitrogen and oxygen atoms in total. The van der Waals surface area contributed by atoms with Gasteiger partial charge in [-0.2, -0.15) is 0 Å². The maximum atomic E-state index is 12.6. The number of nitrogens with two attached hydrogens (primary N) is 1. The van der Waals surface area contributed by atoms with Gasteiger partial charge < -0.3 is 10.6 Å². The van der Waals surface area contributed by atoms with Crippen LogP contribution in [0.1, 0.15) is 64.6 Å². The molecule has 1 fully saturated rings. The highest BCUT2D eigenvalue weighted by molar-refractivity contribution is 5.76. The van der Waals surface area contributed by atoms with E-state index in [1.807, 2.05) is 11.8 Å². The van der Waals surface area contributed by atoms with E-state index in [0.29, 0.717) is 6.04 Å². The normalized spacial score (nSPS) is 18.0. The maximum absolute atomic E-state index is 12.6. The SMILES string of the molecule is CC(N)c1cn(CC(=O)N(C(C)C)C2CCCCC2)nn1. The third kappa shape index (κ3) is 4.03. The summed E-state index contributed by atoms with van der Waals surface area (Å²) < 4.78 is 1.60. The first-order valence-corrected chi connectivity index (χ1v) is 7.95. The smallest absolute Gasteiger partial charge is 0.244 e. The van der Waals surface area contributed by atoms with Crippen LogP contribution < -0.4 is 5.73 Å². The molecule has 21 heavy (non-hydrogen) atoms. The Morgan fingerprint density at radius 1 is 1.38 bits per heavy atom. The highest BCUT2D eigenvalue weighted by atomic mass is 16.2. The molecule has 1 aromatic rings. The Hall–Kier alpha value is -1.43. The molecule has 0 spiro atoms. The van der Waals surface area contributed by atoms with Crippen LogP contribution in [0.25, 0.3) is 0 Å². The predicted molar refractivity (Wildman–Crippen MR) is 81.5 cm³/mol. The van der Waals surface area contributed by atoms with Gasteiger partial charge in [-0.05, 0) is 33.6 Å². The van der Waals surface area contributed by atoms with Crippen LogP contribution in [0.3, 0.4) is 0 Å². The number of aromatic nitrogens is 3. The Kier molecular flexibility index (Phi) is 5.33. The molecule has 1 aliphatic rings. The second-order valence-electron chi connectivity index (χ2n) is 6.32. The summed E-state index contributed by atoms with van der Waals surface area (Å²) in [6, 6.07) is 0.438. The fourth-order valence-electron chi connectivity index (χ4n) is 3.09. The van der Waals surface area contributed by atoms with Crippen LogP contribution in [0.4, 0.5) is 0 Å². The molecule has 1 saturated carbocycles. The van der Waals surface area contributed by atoms with Gasteiger partial charge in [0.1, 0.15) is 6.54 Å². The predicted octanol–water partition coefficient (Wildman–Crippen LogP) is 1.87. The molecular weight excluding hydrogens is 266 g/mol. The van der Waals surface area contributed by atoms with Crippen molar-refractivity contribution < 1.29 is 4.79 Å². The molecule has 118 valence electrons. The standard InChI is InChI=1S/C15H27N5O/c1-11(2)20(13-7-5-4-6-8-13)15(21)10-19-9-14(12(3)16)17-18-19/h9,11-13H,4-8,10,16H2,1-3H3. The summed E-state index contributed by atoms with van der Waals surface area (Å²) in [5, 5.41) is 8.01. The number of hydrogen-bond acceptors (Lipinski definition) is 4. The highest BCUT2D eigenvalue weighted by Gasteiger charge is 2.27. The lowest BCUT2D eigenvalue weighted by Gasteiger charge is -2.37. The van der Waals surface area contributed by atoms with Crippen molar-refractivity contribution >= 4 is 5.91 Å². The molecule has 2 N–H and O–H groups in total. The van der Waals surface area contributed by atoms with E-state index < -0.39 is 0 Å². The van der Waals surface area contributed by atoms with Crippen LogP contribution in [0.5, 0.6) is 0 Å². The Bertz CT molecular complexity index is 462. The van der Waals surface area contributed by atoms with Crippen molar-refractivity contribution in [1.29, 1.82) is 0 Å². The molecule has 1 aromatic heterocycles. The first-order valence-electron chi connectivity index (χ1n) is 7.95. The summed E-state index contributed by atoms with van der Waals surface area (Å²) in [6.45, 7) is 6.27. The zero-order chi connectivity index (χ0) is 15.4. The summed E-state index contributed by atoms with van der Waals surface area (Å²) in [4.78, 5) is 14.7. The molecule has 1 atom stereocenters. The molecule has 6 heteroatoms. The Morgan fingerprint density at radius 3 is 2.57 bits per heavy atom. The van der Waals surface area contributed by atoms with E-state index in [1.165, 1.54) is 19.3 Å². The van der Waals surface area contributed by atoms with E-state index >= 15 is 0 Å². The van der Waals surface area contributed by atoms with E-state index in [9.17, 15) is 4.79 Å². The quantitative estimate of drug-likeness (QED) is 0.899. The third-order valence-corrected chi connectivity index (χ3v) is 4.13. The van der Waals surface area contributed by atoms with Crippen molar-refractivity contribution in [3.05, 3.63) is 11.9 Å². The molecule has 0 saturated heterocycles. The fourth-order valence-corrected chi connectivity index (χ4v) is 3.09. The molecule has 1 aliphatic carbocycles. The third-order valence-electron chi connectivity index (χ3n) is 4.13. The Morgan fingerprint density at radius 2 is 2.05 bits per heavy atom. The van der Waals surface area contributed by atoms with Crippen LogP contribution in [0.15, 0.2) is 6.20 Å². The minimum Gasteiger partial charge on any atom is -0.336 e. The van der Waals surface area contributed by atoms with Gasteiger partial charge in [-0.1, -0.05) is 24.5 Å². The first-order chi connectivity index (χ1) is 9.99. The topological polar surface area (TPSA) is 77.0 Å². The fraction of sp³-hybridized carbons (Fsp3) is 0.800. The van der Waals surface area contributed by atoms with Crippen molar-refractivity contribution in [2.45, 2.75) is 77.5 Å². The van der Waals surface area contributed by atoms with Gasteiger partial charge in [0, 0.05) is 18.1 Å². The highest BCUT2D eigenvalue weighted by Crippen LogP contribution is 2.24. The van der Waals surface area contributed by atoms with E-state index in [1.54, 1.807) is 10.9 Å². The summed E-state index contributed by atoms with van der Waals surface area (Å²) >= 11 is 0. The number of carbonyl (C=O) groups excluding carboxylic acids is 1. The molecule has 0 aliphatic heterocycles. The van der Waals surface area contributed by atoms with Crippen LogP contribution in [0.2, 0.25) is 0 Å². The Labute approximate surface area is 126 Å². The average molecular weight is 293 g/mol. The number of rotatable bonds is 5. The second kappa shape index (κ2) is 7.02. The minimum absolute atomic E-state index is 0.123. The number of amides is 1. The van der Waals surface area contributed by atoms with Crippen molar-refractivity contribution in [1.82, 2.24) is 19.9 Å². The van der Waals surface area contributed by atoms with E-state index in [0.717, 1.165) is 18.5 Å². The lowest BCUT2D eigenvalue weighted by Crippen LogP contribution is -2.47. The molecule has 0 bridgehead atoms. The number of hydrogen-bond donors (Lipinski definition) is 1. The average Bonchev–Trinajstić information content (AvgIpc) is 2.88. The van der Waals surface area contributed by atoms with Gasteiger partial charge in [0.15, 0.2) is 0 Å². The largest absolute Gasteiger partial charge is 0.336 e. The van der Waals surface area contributed by atoms with Gasteiger partial charge in [0.25, 0.3) is 0 Å². The van der Waals surface area contributed by atoms with Gasteiger partial charge in [0.2, 0.25) is 5.91 Å². The summed E-state index contributed by atoms with van der Waals surface area (Å²) in [7, 11) is 0. The van der Waals surface area contributed by atoms with Crippen molar-refractivity contribution in [3.8, 4) is 0 Å². The van der Waals surface area contributed by atoms with Crippen LogP contribution in [0, 0.1) is 0 Å². The maximum Gasteiger partial charge on any atom is 0.244 e. The van der Waals surface area contributed by atoms with E-state index in [2.05, 4.69) is 24.2 Å². The van der Waals surface area contributed by atoms with Gasteiger partial charge >= 0.3 is 0 Å². The van der Waals surface area contributed by atoms with Crippen molar-refractivity contribution in [2.75, 3.05) is 0 Å². The van der Waals surface area contributed by atoms with Gasteiger partial charge in [0.05, 0.1) is 11.9 Å². The number of carbonyl (C=O) groups is 1. The monoisotopic (exact) mass is 293 g/mol. The summed E-state index contributed by atoms with van der Waals surface area (Å²) in [5.41, 5.74) is 6.49. The van der Waals surface area contributed by atoms with Crippen LogP contribution in [-0.4, -0.2) is 37.9 Å². The van der Waals surface area contributed by atoms with E-state index in [4.69, 9.17) is 5.73 Å². The first kappa shape index (κ1) is 15.9. The van der Waals surface area contributed by atoms with Gasteiger partial charge in [-0.3, -0.25) is 4.79 Å². The molecule has 0 aromatic carbocycles. The molecule has 0 radical (unpaired) electrons. The lowest BCUT2D eigenvalue weighted by molar-refractivity contribution is -0.137. The summed E-state index contributed by atoms with van der Waals surface area (Å²) in [5.74, 6) is 0.123. The molecule has 1 unspecified atom stereocenters. The number of nitrogens with zero attached hydrogens (tertiary/aromatic N) is 4. The molecule has 2 rings (SSSR count). The minimum atomic E-state index is -0.159. The van der Waals surface area contributed by atoms with Crippen molar-refractivity contribution in [2.24, 2.45) is 5.73 Å².